The summed E-state index contributed by atoms with van der Waals surface area (Å²) in [5, 5.41) is 0. The fourth-order valence-corrected chi connectivity index (χ4v) is 3.48. The Bertz CT molecular complexity index is 866. The number of benzene rings is 2. The normalized spacial score (nSPS) is 20.2. The molecular formula is C20H17BrF3NO. The number of ether oxygens (including phenoxy) is 1. The molecule has 0 unspecified atom stereocenters. The lowest BCUT2D eigenvalue weighted by molar-refractivity contribution is -0.0505. The molecule has 0 radical (unpaired) electrons. The predicted molar refractivity (Wildman–Crippen MR) is 101 cm³/mol. The minimum atomic E-state index is -2.95. The Hall–Kier alpha value is -2.08. The Morgan fingerprint density at radius 2 is 1.96 bits per heavy atom. The van der Waals surface area contributed by atoms with Gasteiger partial charge in [-0.05, 0) is 43.2 Å². The molecule has 136 valence electrons. The number of nitrogens with zero attached hydrogens (tertiary/aromatic N) is 1. The summed E-state index contributed by atoms with van der Waals surface area (Å²) in [7, 11) is 0. The number of aliphatic imine (C=N–C) groups is 1. The third kappa shape index (κ3) is 3.85. The van der Waals surface area contributed by atoms with E-state index in [2.05, 4.69) is 32.2 Å². The second kappa shape index (κ2) is 7.66. The van der Waals surface area contributed by atoms with Gasteiger partial charge >= 0.3 is 6.61 Å². The molecule has 0 spiro atoms. The molecule has 0 aliphatic carbocycles. The van der Waals surface area contributed by atoms with Gasteiger partial charge in [-0.2, -0.15) is 8.78 Å². The number of hydrogen-bond donors (Lipinski definition) is 0. The van der Waals surface area contributed by atoms with E-state index in [-0.39, 0.29) is 12.2 Å². The van der Waals surface area contributed by atoms with Crippen molar-refractivity contribution in [3.8, 4) is 5.75 Å². The summed E-state index contributed by atoms with van der Waals surface area (Å²) in [5.74, 6) is -0.481. The summed E-state index contributed by atoms with van der Waals surface area (Å²) in [6.45, 7) is 2.81. The molecule has 3 rings (SSSR count). The van der Waals surface area contributed by atoms with Crippen molar-refractivity contribution in [1.29, 1.82) is 0 Å². The first-order valence-corrected chi connectivity index (χ1v) is 8.88. The maximum absolute atomic E-state index is 14.7. The van der Waals surface area contributed by atoms with Crippen LogP contribution in [0, 0.1) is 0 Å². The van der Waals surface area contributed by atoms with Crippen LogP contribution in [0.2, 0.25) is 0 Å². The predicted octanol–water partition coefficient (Wildman–Crippen LogP) is 6.68. The summed E-state index contributed by atoms with van der Waals surface area (Å²) in [6.07, 6.45) is -1.25. The van der Waals surface area contributed by atoms with Crippen LogP contribution >= 0.6 is 15.9 Å². The zero-order chi connectivity index (χ0) is 18.8. The first-order valence-electron chi connectivity index (χ1n) is 8.08. The van der Waals surface area contributed by atoms with E-state index in [1.165, 1.54) is 6.07 Å². The van der Waals surface area contributed by atoms with Gasteiger partial charge in [0.2, 0.25) is 0 Å². The number of fused-ring (bicyclic) bond motifs is 1. The van der Waals surface area contributed by atoms with Crippen molar-refractivity contribution in [3.05, 3.63) is 64.6 Å². The molecule has 1 aliphatic heterocycles. The van der Waals surface area contributed by atoms with E-state index >= 15 is 0 Å². The highest BCUT2D eigenvalue weighted by Crippen LogP contribution is 2.44. The summed E-state index contributed by atoms with van der Waals surface area (Å²) in [6, 6.07) is 11.9. The molecule has 0 bridgehead atoms. The fourth-order valence-electron chi connectivity index (χ4n) is 3.12. The molecule has 0 N–H and O–H groups in total. The molecule has 2 atom stereocenters. The minimum absolute atomic E-state index is 0.0348. The number of hydrogen-bond acceptors (Lipinski definition) is 2. The van der Waals surface area contributed by atoms with Gasteiger partial charge in [-0.25, -0.2) is 4.39 Å². The Morgan fingerprint density at radius 1 is 1.23 bits per heavy atom. The van der Waals surface area contributed by atoms with Crippen LogP contribution < -0.4 is 4.74 Å². The SMILES string of the molecule is C=C1c2cc(Br)ccc2N=C(C)[C@H](F)C[C@@H]1c1ccccc1OC(F)F. The Kier molecular flexibility index (Phi) is 5.51. The number of para-hydroxylation sites is 1. The average Bonchev–Trinajstić information content (AvgIpc) is 2.60. The zero-order valence-electron chi connectivity index (χ0n) is 14.1. The maximum atomic E-state index is 14.7. The van der Waals surface area contributed by atoms with E-state index in [1.807, 2.05) is 12.1 Å². The van der Waals surface area contributed by atoms with E-state index in [9.17, 15) is 13.2 Å². The van der Waals surface area contributed by atoms with Gasteiger partial charge < -0.3 is 4.74 Å². The van der Waals surface area contributed by atoms with Crippen LogP contribution in [-0.2, 0) is 0 Å². The summed E-state index contributed by atoms with van der Waals surface area (Å²) in [5.41, 5.74) is 2.81. The van der Waals surface area contributed by atoms with Crippen LogP contribution in [0.3, 0.4) is 0 Å². The molecule has 0 aromatic heterocycles. The Morgan fingerprint density at radius 3 is 2.69 bits per heavy atom. The fraction of sp³-hybridized carbons (Fsp3) is 0.250. The van der Waals surface area contributed by atoms with Gasteiger partial charge in [-0.1, -0.05) is 40.7 Å². The van der Waals surface area contributed by atoms with Gasteiger partial charge in [-0.15, -0.1) is 0 Å². The molecule has 1 aliphatic rings. The Balaban J connectivity index is 2.14. The molecule has 0 fully saturated rings. The zero-order valence-corrected chi connectivity index (χ0v) is 15.6. The number of alkyl halides is 3. The van der Waals surface area contributed by atoms with E-state index in [4.69, 9.17) is 0 Å². The first-order chi connectivity index (χ1) is 12.4. The molecule has 2 aromatic rings. The van der Waals surface area contributed by atoms with Gasteiger partial charge in [0.25, 0.3) is 0 Å². The molecule has 2 aromatic carbocycles. The van der Waals surface area contributed by atoms with Gasteiger partial charge in [0, 0.05) is 27.2 Å². The number of rotatable bonds is 3. The van der Waals surface area contributed by atoms with Crippen LogP contribution in [0.5, 0.6) is 5.75 Å². The molecule has 0 saturated carbocycles. The highest BCUT2D eigenvalue weighted by Gasteiger charge is 2.29. The van der Waals surface area contributed by atoms with E-state index in [0.29, 0.717) is 22.5 Å². The molecule has 0 amide bonds. The maximum Gasteiger partial charge on any atom is 0.387 e. The third-order valence-electron chi connectivity index (χ3n) is 4.43. The van der Waals surface area contributed by atoms with Gasteiger partial charge in [-0.3, -0.25) is 4.99 Å². The first kappa shape index (κ1) is 18.7. The average molecular weight is 424 g/mol. The highest BCUT2D eigenvalue weighted by atomic mass is 79.9. The number of halogens is 4. The lowest BCUT2D eigenvalue weighted by atomic mass is 9.81. The van der Waals surface area contributed by atoms with Crippen LogP contribution in [0.15, 0.2) is 58.5 Å². The lowest BCUT2D eigenvalue weighted by Gasteiger charge is -2.27. The van der Waals surface area contributed by atoms with E-state index in [1.54, 1.807) is 31.2 Å². The summed E-state index contributed by atoms with van der Waals surface area (Å²) >= 11 is 3.43. The van der Waals surface area contributed by atoms with Gasteiger partial charge in [0.05, 0.1) is 5.69 Å². The topological polar surface area (TPSA) is 21.6 Å². The molecule has 26 heavy (non-hydrogen) atoms. The Labute approximate surface area is 158 Å². The van der Waals surface area contributed by atoms with Crippen molar-refractivity contribution in [2.75, 3.05) is 0 Å². The van der Waals surface area contributed by atoms with Crippen LogP contribution in [0.1, 0.15) is 30.4 Å². The minimum Gasteiger partial charge on any atom is -0.435 e. The van der Waals surface area contributed by atoms with Crippen molar-refractivity contribution in [1.82, 2.24) is 0 Å². The lowest BCUT2D eigenvalue weighted by Crippen LogP contribution is -2.19. The van der Waals surface area contributed by atoms with E-state index < -0.39 is 18.7 Å². The van der Waals surface area contributed by atoms with Crippen LogP contribution in [0.4, 0.5) is 18.9 Å². The van der Waals surface area contributed by atoms with Crippen molar-refractivity contribution in [3.63, 3.8) is 0 Å². The highest BCUT2D eigenvalue weighted by molar-refractivity contribution is 9.10. The second-order valence-electron chi connectivity index (χ2n) is 6.11. The van der Waals surface area contributed by atoms with Crippen LogP contribution in [-0.4, -0.2) is 18.5 Å². The summed E-state index contributed by atoms with van der Waals surface area (Å²) in [4.78, 5) is 4.38. The van der Waals surface area contributed by atoms with Crippen molar-refractivity contribution >= 4 is 32.9 Å². The third-order valence-corrected chi connectivity index (χ3v) is 4.92. The quantitative estimate of drug-likeness (QED) is 0.539. The largest absolute Gasteiger partial charge is 0.435 e. The van der Waals surface area contributed by atoms with Gasteiger partial charge in [0.1, 0.15) is 11.9 Å². The standard InChI is InChI=1S/C20H17BrF3NO/c1-11-15(14-5-3-4-6-19(14)26-20(23)24)10-17(22)12(2)25-18-8-7-13(21)9-16(11)18/h3-9,15,17,20H,1,10H2,2H3/t15-,17+/m0/s1. The smallest absolute Gasteiger partial charge is 0.387 e. The molecule has 6 heteroatoms. The van der Waals surface area contributed by atoms with E-state index in [0.717, 1.165) is 10.0 Å². The van der Waals surface area contributed by atoms with Crippen molar-refractivity contribution in [2.45, 2.75) is 32.0 Å². The molecular weight excluding hydrogens is 407 g/mol. The van der Waals surface area contributed by atoms with Gasteiger partial charge in [0.15, 0.2) is 0 Å². The van der Waals surface area contributed by atoms with Crippen LogP contribution in [0.25, 0.3) is 5.57 Å². The van der Waals surface area contributed by atoms with Crippen molar-refractivity contribution in [2.24, 2.45) is 4.99 Å². The molecule has 1 heterocycles. The molecule has 2 nitrogen and oxygen atoms in total. The van der Waals surface area contributed by atoms with Crippen molar-refractivity contribution < 1.29 is 17.9 Å². The summed E-state index contributed by atoms with van der Waals surface area (Å²) < 4.78 is 45.8. The number of allylic oxidation sites excluding steroid dienone is 1. The second-order valence-corrected chi connectivity index (χ2v) is 7.03. The molecule has 0 saturated heterocycles. The monoisotopic (exact) mass is 423 g/mol.